The van der Waals surface area contributed by atoms with E-state index < -0.39 is 17.6 Å². The Labute approximate surface area is 159 Å². The van der Waals surface area contributed by atoms with Crippen molar-refractivity contribution in [2.24, 2.45) is 4.99 Å². The van der Waals surface area contributed by atoms with Crippen LogP contribution < -0.4 is 15.4 Å². The molecule has 0 spiro atoms. The van der Waals surface area contributed by atoms with Crippen LogP contribution in [-0.2, 0) is 30.6 Å². The summed E-state index contributed by atoms with van der Waals surface area (Å²) in [5, 5.41) is 5.95. The number of benzene rings is 2. The van der Waals surface area contributed by atoms with Crippen molar-refractivity contribution in [3.05, 3.63) is 64.5 Å². The second-order valence-electron chi connectivity index (χ2n) is 6.14. The van der Waals surface area contributed by atoms with Crippen molar-refractivity contribution in [3.8, 4) is 5.75 Å². The Bertz CT molecular complexity index is 869. The molecule has 1 aliphatic heterocycles. The van der Waals surface area contributed by atoms with Crippen molar-refractivity contribution in [3.63, 3.8) is 0 Å². The Morgan fingerprint density at radius 1 is 1.14 bits per heavy atom. The number of nitrogens with zero attached hydrogens (tertiary/aromatic N) is 1. The Kier molecular flexibility index (Phi) is 6.03. The molecule has 0 saturated carbocycles. The summed E-state index contributed by atoms with van der Waals surface area (Å²) in [6.07, 6.45) is -4.39. The predicted octanol–water partition coefficient (Wildman–Crippen LogP) is 3.58. The molecule has 9 heteroatoms. The van der Waals surface area contributed by atoms with Crippen molar-refractivity contribution < 1.29 is 27.0 Å². The number of guanidine groups is 1. The third-order valence-electron chi connectivity index (χ3n) is 4.14. The van der Waals surface area contributed by atoms with E-state index in [0.717, 1.165) is 12.1 Å². The minimum atomic E-state index is -4.39. The number of rotatable bonds is 4. The number of hydrogen-bond donors (Lipinski definition) is 2. The quantitative estimate of drug-likeness (QED) is 0.471. The highest BCUT2D eigenvalue weighted by atomic mass is 19.4. The van der Waals surface area contributed by atoms with Crippen LogP contribution >= 0.6 is 0 Å². The Balaban J connectivity index is 1.63. The lowest BCUT2D eigenvalue weighted by Gasteiger charge is -2.21. The van der Waals surface area contributed by atoms with Gasteiger partial charge in [-0.25, -0.2) is 4.39 Å². The standard InChI is InChI=1S/C19H19F4N3O2/c1-24-18(25-8-12-3-2-4-15(5-12)19(21,22)23)26-9-13-6-16(20)7-14-10-27-11-28-17(13)14/h2-7H,8-11H2,1H3,(H2,24,25,26). The summed E-state index contributed by atoms with van der Waals surface area (Å²) in [6, 6.07) is 7.77. The van der Waals surface area contributed by atoms with Crippen LogP contribution in [0.15, 0.2) is 41.4 Å². The monoisotopic (exact) mass is 397 g/mol. The summed E-state index contributed by atoms with van der Waals surface area (Å²) in [5.74, 6) is 0.521. The van der Waals surface area contributed by atoms with Crippen LogP contribution in [0.5, 0.6) is 5.75 Å². The molecule has 28 heavy (non-hydrogen) atoms. The van der Waals surface area contributed by atoms with Crippen LogP contribution in [0.25, 0.3) is 0 Å². The fourth-order valence-electron chi connectivity index (χ4n) is 2.83. The first-order valence-electron chi connectivity index (χ1n) is 8.49. The van der Waals surface area contributed by atoms with Gasteiger partial charge in [-0.3, -0.25) is 4.99 Å². The summed E-state index contributed by atoms with van der Waals surface area (Å²) in [4.78, 5) is 4.04. The molecule has 0 aromatic heterocycles. The average Bonchev–Trinajstić information content (AvgIpc) is 2.67. The van der Waals surface area contributed by atoms with Gasteiger partial charge in [0.2, 0.25) is 0 Å². The lowest BCUT2D eigenvalue weighted by atomic mass is 10.1. The summed E-state index contributed by atoms with van der Waals surface area (Å²) in [5.41, 5.74) is 0.970. The third kappa shape index (κ3) is 4.92. The largest absolute Gasteiger partial charge is 0.467 e. The molecule has 150 valence electrons. The van der Waals surface area contributed by atoms with E-state index in [0.29, 0.717) is 28.4 Å². The highest BCUT2D eigenvalue weighted by molar-refractivity contribution is 5.79. The fraction of sp³-hybridized carbons (Fsp3) is 0.316. The molecule has 3 rings (SSSR count). The molecule has 0 radical (unpaired) electrons. The van der Waals surface area contributed by atoms with Gasteiger partial charge >= 0.3 is 6.18 Å². The van der Waals surface area contributed by atoms with Crippen LogP contribution in [0.1, 0.15) is 22.3 Å². The van der Waals surface area contributed by atoms with Crippen LogP contribution in [-0.4, -0.2) is 19.8 Å². The molecule has 0 aliphatic carbocycles. The average molecular weight is 397 g/mol. The first kappa shape index (κ1) is 19.9. The molecule has 5 nitrogen and oxygen atoms in total. The third-order valence-corrected chi connectivity index (χ3v) is 4.14. The number of hydrogen-bond acceptors (Lipinski definition) is 3. The molecular weight excluding hydrogens is 378 g/mol. The molecule has 1 heterocycles. The van der Waals surface area contributed by atoms with Gasteiger partial charge < -0.3 is 20.1 Å². The zero-order valence-electron chi connectivity index (χ0n) is 15.1. The van der Waals surface area contributed by atoms with Gasteiger partial charge in [0.25, 0.3) is 0 Å². The number of alkyl halides is 3. The highest BCUT2D eigenvalue weighted by Crippen LogP contribution is 2.30. The van der Waals surface area contributed by atoms with E-state index in [2.05, 4.69) is 15.6 Å². The SMILES string of the molecule is CN=C(NCc1cccc(C(F)(F)F)c1)NCc1cc(F)cc2c1OCOC2. The maximum Gasteiger partial charge on any atom is 0.416 e. The number of fused-ring (bicyclic) bond motifs is 1. The second-order valence-corrected chi connectivity index (χ2v) is 6.14. The molecule has 2 aromatic rings. The lowest BCUT2D eigenvalue weighted by molar-refractivity contribution is -0.137. The maximum absolute atomic E-state index is 13.8. The highest BCUT2D eigenvalue weighted by Gasteiger charge is 2.30. The number of aliphatic imine (C=N–C) groups is 1. The van der Waals surface area contributed by atoms with Gasteiger partial charge in [-0.05, 0) is 29.8 Å². The van der Waals surface area contributed by atoms with E-state index >= 15 is 0 Å². The number of ether oxygens (including phenoxy) is 2. The van der Waals surface area contributed by atoms with Gasteiger partial charge in [0.05, 0.1) is 12.2 Å². The topological polar surface area (TPSA) is 54.9 Å². The molecule has 0 atom stereocenters. The van der Waals surface area contributed by atoms with Crippen LogP contribution in [0, 0.1) is 5.82 Å². The number of nitrogens with one attached hydrogen (secondary N) is 2. The van der Waals surface area contributed by atoms with E-state index in [-0.39, 0.29) is 26.5 Å². The molecule has 0 amide bonds. The van der Waals surface area contributed by atoms with E-state index in [4.69, 9.17) is 9.47 Å². The predicted molar refractivity (Wildman–Crippen MR) is 95.2 cm³/mol. The zero-order valence-corrected chi connectivity index (χ0v) is 15.1. The molecule has 2 N–H and O–H groups in total. The Hall–Kier alpha value is -2.81. The Morgan fingerprint density at radius 3 is 2.68 bits per heavy atom. The van der Waals surface area contributed by atoms with Gasteiger partial charge in [-0.2, -0.15) is 13.2 Å². The molecule has 0 fully saturated rings. The van der Waals surface area contributed by atoms with E-state index in [1.165, 1.54) is 25.2 Å². The Morgan fingerprint density at radius 2 is 1.93 bits per heavy atom. The van der Waals surface area contributed by atoms with Gasteiger partial charge in [-0.1, -0.05) is 12.1 Å². The van der Waals surface area contributed by atoms with Gasteiger partial charge in [-0.15, -0.1) is 0 Å². The molecular formula is C19H19F4N3O2. The van der Waals surface area contributed by atoms with Crippen LogP contribution in [0.4, 0.5) is 17.6 Å². The number of halogens is 4. The second kappa shape index (κ2) is 8.47. The summed E-state index contributed by atoms with van der Waals surface area (Å²) >= 11 is 0. The zero-order chi connectivity index (χ0) is 20.1. The van der Waals surface area contributed by atoms with E-state index in [1.807, 2.05) is 0 Å². The van der Waals surface area contributed by atoms with Crippen molar-refractivity contribution in [2.75, 3.05) is 13.8 Å². The molecule has 0 saturated heterocycles. The molecule has 0 bridgehead atoms. The van der Waals surface area contributed by atoms with Gasteiger partial charge in [0, 0.05) is 31.3 Å². The minimum absolute atomic E-state index is 0.0914. The van der Waals surface area contributed by atoms with Crippen molar-refractivity contribution >= 4 is 5.96 Å². The normalized spacial score (nSPS) is 14.2. The smallest absolute Gasteiger partial charge is 0.416 e. The molecule has 2 aromatic carbocycles. The van der Waals surface area contributed by atoms with E-state index in [9.17, 15) is 17.6 Å². The first-order valence-corrected chi connectivity index (χ1v) is 8.49. The van der Waals surface area contributed by atoms with E-state index in [1.54, 1.807) is 6.07 Å². The van der Waals surface area contributed by atoms with Crippen LogP contribution in [0.3, 0.4) is 0 Å². The van der Waals surface area contributed by atoms with Crippen LogP contribution in [0.2, 0.25) is 0 Å². The van der Waals surface area contributed by atoms with Gasteiger partial charge in [0.15, 0.2) is 12.8 Å². The summed E-state index contributed by atoms with van der Waals surface area (Å²) < 4.78 is 62.8. The van der Waals surface area contributed by atoms with Crippen molar-refractivity contribution in [1.29, 1.82) is 0 Å². The maximum atomic E-state index is 13.8. The minimum Gasteiger partial charge on any atom is -0.467 e. The molecule has 1 aliphatic rings. The summed E-state index contributed by atoms with van der Waals surface area (Å²) in [6.45, 7) is 0.730. The fourth-order valence-corrected chi connectivity index (χ4v) is 2.83. The summed E-state index contributed by atoms with van der Waals surface area (Å²) in [7, 11) is 1.53. The first-order chi connectivity index (χ1) is 13.4. The molecule has 0 unspecified atom stereocenters. The lowest BCUT2D eigenvalue weighted by Crippen LogP contribution is -2.36. The van der Waals surface area contributed by atoms with Crippen molar-refractivity contribution in [2.45, 2.75) is 25.9 Å². The van der Waals surface area contributed by atoms with Crippen molar-refractivity contribution in [1.82, 2.24) is 10.6 Å². The van der Waals surface area contributed by atoms with Gasteiger partial charge in [0.1, 0.15) is 11.6 Å².